The van der Waals surface area contributed by atoms with Gasteiger partial charge in [-0.05, 0) is 36.8 Å². The third-order valence-electron chi connectivity index (χ3n) is 3.71. The molecule has 1 heterocycles. The van der Waals surface area contributed by atoms with Gasteiger partial charge < -0.3 is 9.84 Å². The van der Waals surface area contributed by atoms with Crippen LogP contribution in [0.2, 0.25) is 0 Å². The van der Waals surface area contributed by atoms with Crippen molar-refractivity contribution in [1.82, 2.24) is 4.90 Å². The van der Waals surface area contributed by atoms with Crippen molar-refractivity contribution in [1.29, 1.82) is 0 Å². The summed E-state index contributed by atoms with van der Waals surface area (Å²) >= 11 is 1.35. The number of para-hydroxylation sites is 1. The third-order valence-corrected chi connectivity index (χ3v) is 4.66. The summed E-state index contributed by atoms with van der Waals surface area (Å²) in [6, 6.07) is 14.5. The van der Waals surface area contributed by atoms with Crippen molar-refractivity contribution in [2.45, 2.75) is 13.5 Å². The smallest absolute Gasteiger partial charge is 0.239 e. The molecule has 6 nitrogen and oxygen atoms in total. The maximum Gasteiger partial charge on any atom is 0.239 e. The van der Waals surface area contributed by atoms with Crippen LogP contribution < -0.4 is 4.74 Å². The van der Waals surface area contributed by atoms with Gasteiger partial charge in [0.25, 0.3) is 0 Å². The molecule has 0 aliphatic carbocycles. The Morgan fingerprint density at radius 3 is 2.73 bits per heavy atom. The molecule has 0 radical (unpaired) electrons. The van der Waals surface area contributed by atoms with Crippen molar-refractivity contribution in [3.8, 4) is 11.5 Å². The van der Waals surface area contributed by atoms with Gasteiger partial charge in [0.1, 0.15) is 11.5 Å². The van der Waals surface area contributed by atoms with Gasteiger partial charge in [0, 0.05) is 5.56 Å². The molecular weight excluding hydrogens is 350 g/mol. The van der Waals surface area contributed by atoms with E-state index in [9.17, 15) is 9.90 Å². The number of phenols is 1. The Balaban J connectivity index is 1.71. The van der Waals surface area contributed by atoms with Gasteiger partial charge in [-0.2, -0.15) is 5.10 Å². The van der Waals surface area contributed by atoms with E-state index in [4.69, 9.17) is 4.74 Å². The first-order chi connectivity index (χ1) is 12.7. The summed E-state index contributed by atoms with van der Waals surface area (Å²) < 4.78 is 5.43. The molecule has 134 valence electrons. The second kappa shape index (κ2) is 8.53. The van der Waals surface area contributed by atoms with Crippen LogP contribution in [0.4, 0.5) is 0 Å². The summed E-state index contributed by atoms with van der Waals surface area (Å²) in [5, 5.41) is 18.5. The molecule has 0 atom stereocenters. The Hall–Kier alpha value is -2.80. The lowest BCUT2D eigenvalue weighted by molar-refractivity contribution is -0.124. The van der Waals surface area contributed by atoms with Crippen molar-refractivity contribution in [3.63, 3.8) is 0 Å². The number of nitrogens with zero attached hydrogens (tertiary/aromatic N) is 3. The minimum atomic E-state index is 0.000364. The average molecular weight is 369 g/mol. The summed E-state index contributed by atoms with van der Waals surface area (Å²) in [7, 11) is 0. The van der Waals surface area contributed by atoms with Crippen LogP contribution in [-0.2, 0) is 11.3 Å². The Labute approximate surface area is 156 Å². The molecule has 7 heteroatoms. The van der Waals surface area contributed by atoms with E-state index in [1.165, 1.54) is 18.0 Å². The molecule has 1 aliphatic heterocycles. The van der Waals surface area contributed by atoms with E-state index in [0.717, 1.165) is 11.3 Å². The molecule has 3 rings (SSSR count). The van der Waals surface area contributed by atoms with Gasteiger partial charge in [0.2, 0.25) is 5.91 Å². The fraction of sp³-hybridized carbons (Fsp3) is 0.211. The van der Waals surface area contributed by atoms with Crippen LogP contribution in [0.1, 0.15) is 18.1 Å². The summed E-state index contributed by atoms with van der Waals surface area (Å²) in [4.78, 5) is 13.8. The van der Waals surface area contributed by atoms with Crippen LogP contribution in [0.5, 0.6) is 11.5 Å². The molecule has 0 unspecified atom stereocenters. The molecule has 2 aromatic rings. The third kappa shape index (κ3) is 4.43. The van der Waals surface area contributed by atoms with Crippen LogP contribution in [-0.4, -0.2) is 39.7 Å². The first kappa shape index (κ1) is 18.0. The fourth-order valence-corrected chi connectivity index (χ4v) is 3.24. The Morgan fingerprint density at radius 2 is 2.00 bits per heavy atom. The minimum Gasteiger partial charge on any atom is -0.507 e. The summed E-state index contributed by atoms with van der Waals surface area (Å²) in [6.45, 7) is 2.99. The number of amides is 1. The molecule has 0 bridgehead atoms. The second-order valence-corrected chi connectivity index (χ2v) is 6.47. The van der Waals surface area contributed by atoms with Gasteiger partial charge in [0.05, 0.1) is 25.1 Å². The molecule has 26 heavy (non-hydrogen) atoms. The molecular formula is C19H19N3O3S. The zero-order valence-electron chi connectivity index (χ0n) is 14.3. The zero-order valence-corrected chi connectivity index (χ0v) is 15.1. The van der Waals surface area contributed by atoms with Crippen LogP contribution >= 0.6 is 11.8 Å². The van der Waals surface area contributed by atoms with E-state index in [1.807, 2.05) is 31.2 Å². The number of rotatable bonds is 6. The Morgan fingerprint density at radius 1 is 1.23 bits per heavy atom. The molecule has 1 N–H and O–H groups in total. The SMILES string of the molecule is CCOc1ccc(CN2C(=O)CS/C2=N\N=C\c2ccccc2O)cc1. The van der Waals surface area contributed by atoms with E-state index in [1.54, 1.807) is 29.2 Å². The van der Waals surface area contributed by atoms with Crippen LogP contribution in [0, 0.1) is 0 Å². The number of hydrogen-bond donors (Lipinski definition) is 1. The largest absolute Gasteiger partial charge is 0.507 e. The molecule has 1 saturated heterocycles. The predicted octanol–water partition coefficient (Wildman–Crippen LogP) is 3.26. The number of carbonyl (C=O) groups is 1. The van der Waals surface area contributed by atoms with Crippen molar-refractivity contribution in [3.05, 3.63) is 59.7 Å². The van der Waals surface area contributed by atoms with Crippen LogP contribution in [0.15, 0.2) is 58.7 Å². The van der Waals surface area contributed by atoms with E-state index in [-0.39, 0.29) is 11.7 Å². The topological polar surface area (TPSA) is 74.5 Å². The number of benzene rings is 2. The molecule has 1 amide bonds. The summed E-state index contributed by atoms with van der Waals surface area (Å²) in [6.07, 6.45) is 1.47. The molecule has 2 aromatic carbocycles. The van der Waals surface area contributed by atoms with Gasteiger partial charge in [0.15, 0.2) is 5.17 Å². The zero-order chi connectivity index (χ0) is 18.4. The van der Waals surface area contributed by atoms with E-state index >= 15 is 0 Å². The van der Waals surface area contributed by atoms with E-state index < -0.39 is 0 Å². The molecule has 0 spiro atoms. The molecule has 1 fully saturated rings. The van der Waals surface area contributed by atoms with Crippen molar-refractivity contribution in [2.24, 2.45) is 10.2 Å². The Kier molecular flexibility index (Phi) is 5.91. The van der Waals surface area contributed by atoms with Crippen LogP contribution in [0.3, 0.4) is 0 Å². The minimum absolute atomic E-state index is 0.000364. The summed E-state index contributed by atoms with van der Waals surface area (Å²) in [5.41, 5.74) is 1.56. The summed E-state index contributed by atoms with van der Waals surface area (Å²) in [5.74, 6) is 1.29. The number of phenolic OH excluding ortho intramolecular Hbond substituents is 1. The highest BCUT2D eigenvalue weighted by molar-refractivity contribution is 8.15. The number of thioether (sulfide) groups is 1. The highest BCUT2D eigenvalue weighted by atomic mass is 32.2. The van der Waals surface area contributed by atoms with Gasteiger partial charge in [-0.25, -0.2) is 0 Å². The predicted molar refractivity (Wildman–Crippen MR) is 104 cm³/mol. The standard InChI is InChI=1S/C19H19N3O3S/c1-2-25-16-9-7-14(8-10-16)12-22-18(24)13-26-19(22)21-20-11-15-5-3-4-6-17(15)23/h3-11,23H,2,12-13H2,1H3/b20-11+,21-19-. The quantitative estimate of drug-likeness (QED) is 0.626. The normalized spacial score (nSPS) is 16.0. The highest BCUT2D eigenvalue weighted by Crippen LogP contribution is 2.23. The molecule has 1 aliphatic rings. The fourth-order valence-electron chi connectivity index (χ4n) is 2.40. The van der Waals surface area contributed by atoms with E-state index in [0.29, 0.717) is 29.6 Å². The number of hydrogen-bond acceptors (Lipinski definition) is 6. The maximum absolute atomic E-state index is 12.2. The second-order valence-electron chi connectivity index (χ2n) is 5.53. The monoisotopic (exact) mass is 369 g/mol. The van der Waals surface area contributed by atoms with Crippen LogP contribution in [0.25, 0.3) is 0 Å². The Bertz CT molecular complexity index is 834. The molecule has 0 saturated carbocycles. The lowest BCUT2D eigenvalue weighted by Crippen LogP contribution is -2.28. The average Bonchev–Trinajstić information content (AvgIpc) is 2.99. The van der Waals surface area contributed by atoms with Gasteiger partial charge in [-0.3, -0.25) is 9.69 Å². The number of carbonyl (C=O) groups excluding carboxylic acids is 1. The lowest BCUT2D eigenvalue weighted by atomic mass is 10.2. The first-order valence-electron chi connectivity index (χ1n) is 8.21. The van der Waals surface area contributed by atoms with Gasteiger partial charge >= 0.3 is 0 Å². The number of ether oxygens (including phenoxy) is 1. The first-order valence-corrected chi connectivity index (χ1v) is 9.20. The number of amidine groups is 1. The van der Waals surface area contributed by atoms with E-state index in [2.05, 4.69) is 10.2 Å². The molecule has 0 aromatic heterocycles. The maximum atomic E-state index is 12.2. The van der Waals surface area contributed by atoms with Gasteiger partial charge in [-0.1, -0.05) is 36.0 Å². The van der Waals surface area contributed by atoms with Crippen molar-refractivity contribution in [2.75, 3.05) is 12.4 Å². The van der Waals surface area contributed by atoms with Gasteiger partial charge in [-0.15, -0.1) is 5.10 Å². The van der Waals surface area contributed by atoms with Crippen molar-refractivity contribution < 1.29 is 14.6 Å². The highest BCUT2D eigenvalue weighted by Gasteiger charge is 2.28. The van der Waals surface area contributed by atoms with Crippen molar-refractivity contribution >= 4 is 29.1 Å². The number of aromatic hydroxyl groups is 1. The lowest BCUT2D eigenvalue weighted by Gasteiger charge is -2.15.